The first-order valence-corrected chi connectivity index (χ1v) is 7.89. The number of ether oxygens (including phenoxy) is 2. The highest BCUT2D eigenvalue weighted by Gasteiger charge is 2.18. The Balaban J connectivity index is 1.69. The number of methoxy groups -OCH3 is 1. The van der Waals surface area contributed by atoms with Crippen LogP contribution in [0.5, 0.6) is 0 Å². The lowest BCUT2D eigenvalue weighted by Crippen LogP contribution is -2.12. The zero-order valence-electron chi connectivity index (χ0n) is 12.7. The third-order valence-electron chi connectivity index (χ3n) is 3.19. The predicted molar refractivity (Wildman–Crippen MR) is 86.7 cm³/mol. The number of carbonyl (C=O) groups excluding carboxylic acids is 2. The van der Waals surface area contributed by atoms with Crippen LogP contribution in [-0.4, -0.2) is 24.0 Å². The number of aromatic nitrogens is 1. The smallest absolute Gasteiger partial charge is 0.339 e. The largest absolute Gasteiger partial charge is 0.465 e. The van der Waals surface area contributed by atoms with Crippen LogP contribution in [0.3, 0.4) is 0 Å². The number of rotatable bonds is 5. The Labute approximate surface area is 141 Å². The summed E-state index contributed by atoms with van der Waals surface area (Å²) >= 11 is 1.40. The van der Waals surface area contributed by atoms with Gasteiger partial charge in [-0.05, 0) is 24.3 Å². The summed E-state index contributed by atoms with van der Waals surface area (Å²) in [6.07, 6.45) is 1.57. The number of carbonyl (C=O) groups is 2. The van der Waals surface area contributed by atoms with Crippen LogP contribution < -0.4 is 0 Å². The van der Waals surface area contributed by atoms with Crippen LogP contribution in [0.25, 0.3) is 10.8 Å². The molecule has 0 amide bonds. The molecule has 24 heavy (non-hydrogen) atoms. The van der Waals surface area contributed by atoms with Gasteiger partial charge in [-0.3, -0.25) is 0 Å². The topological polar surface area (TPSA) is 78.6 Å². The van der Waals surface area contributed by atoms with Crippen LogP contribution in [0.2, 0.25) is 0 Å². The number of furan rings is 1. The number of nitrogens with zero attached hydrogens (tertiary/aromatic N) is 1. The van der Waals surface area contributed by atoms with Gasteiger partial charge in [-0.15, -0.1) is 11.3 Å². The number of esters is 2. The molecule has 0 saturated carbocycles. The fraction of sp³-hybridized carbons (Fsp3) is 0.118. The fourth-order valence-corrected chi connectivity index (χ4v) is 2.82. The SMILES string of the molecule is COC(=O)c1ccccc1C(=O)OCc1csc(-c2ccco2)n1. The Morgan fingerprint density at radius 3 is 2.54 bits per heavy atom. The molecule has 0 aliphatic rings. The van der Waals surface area contributed by atoms with Crippen LogP contribution in [-0.2, 0) is 16.1 Å². The van der Waals surface area contributed by atoms with Crippen LogP contribution in [0.4, 0.5) is 0 Å². The first kappa shape index (κ1) is 15.9. The monoisotopic (exact) mass is 343 g/mol. The van der Waals surface area contributed by atoms with E-state index in [-0.39, 0.29) is 17.7 Å². The zero-order valence-corrected chi connectivity index (χ0v) is 13.5. The van der Waals surface area contributed by atoms with E-state index in [1.165, 1.54) is 30.6 Å². The van der Waals surface area contributed by atoms with Crippen molar-refractivity contribution >= 4 is 23.3 Å². The first-order chi connectivity index (χ1) is 11.7. The summed E-state index contributed by atoms with van der Waals surface area (Å²) in [7, 11) is 1.26. The van der Waals surface area contributed by atoms with Crippen LogP contribution >= 0.6 is 11.3 Å². The standard InChI is InChI=1S/C17H13NO5S/c1-21-16(19)12-5-2-3-6-13(12)17(20)23-9-11-10-24-15(18-11)14-7-4-8-22-14/h2-8,10H,9H2,1H3. The molecule has 3 aromatic rings. The Kier molecular flexibility index (Phi) is 4.72. The van der Waals surface area contributed by atoms with Gasteiger partial charge in [-0.1, -0.05) is 12.1 Å². The van der Waals surface area contributed by atoms with Crippen molar-refractivity contribution in [3.8, 4) is 10.8 Å². The molecule has 3 rings (SSSR count). The zero-order chi connectivity index (χ0) is 16.9. The van der Waals surface area contributed by atoms with Crippen LogP contribution in [0, 0.1) is 0 Å². The molecule has 2 heterocycles. The second-order valence-corrected chi connectivity index (χ2v) is 5.59. The van der Waals surface area contributed by atoms with E-state index in [1.807, 2.05) is 0 Å². The molecule has 122 valence electrons. The van der Waals surface area contributed by atoms with E-state index in [9.17, 15) is 9.59 Å². The van der Waals surface area contributed by atoms with E-state index in [0.29, 0.717) is 16.5 Å². The molecule has 0 aliphatic heterocycles. The summed E-state index contributed by atoms with van der Waals surface area (Å²) in [5.74, 6) is -0.534. The molecule has 0 spiro atoms. The van der Waals surface area contributed by atoms with Crippen molar-refractivity contribution in [3.05, 3.63) is 64.9 Å². The summed E-state index contributed by atoms with van der Waals surface area (Å²) in [4.78, 5) is 28.3. The minimum Gasteiger partial charge on any atom is -0.465 e. The Morgan fingerprint density at radius 2 is 1.88 bits per heavy atom. The Morgan fingerprint density at radius 1 is 1.12 bits per heavy atom. The van der Waals surface area contributed by atoms with Gasteiger partial charge in [0.1, 0.15) is 6.61 Å². The normalized spacial score (nSPS) is 10.4. The van der Waals surface area contributed by atoms with E-state index >= 15 is 0 Å². The lowest BCUT2D eigenvalue weighted by molar-refractivity contribution is 0.0454. The molecule has 7 heteroatoms. The summed E-state index contributed by atoms with van der Waals surface area (Å²) in [6.45, 7) is 0.00550. The molecule has 2 aromatic heterocycles. The van der Waals surface area contributed by atoms with Crippen molar-refractivity contribution in [2.24, 2.45) is 0 Å². The van der Waals surface area contributed by atoms with Gasteiger partial charge in [0.05, 0.1) is 30.2 Å². The third-order valence-corrected chi connectivity index (χ3v) is 4.09. The molecule has 0 fully saturated rings. The minimum absolute atomic E-state index is 0.00550. The molecule has 6 nitrogen and oxygen atoms in total. The lowest BCUT2D eigenvalue weighted by atomic mass is 10.1. The number of hydrogen-bond donors (Lipinski definition) is 0. The minimum atomic E-state index is -0.608. The van der Waals surface area contributed by atoms with Gasteiger partial charge < -0.3 is 13.9 Å². The third kappa shape index (κ3) is 3.36. The molecule has 0 atom stereocenters. The van der Waals surface area contributed by atoms with Crippen LogP contribution in [0.1, 0.15) is 26.4 Å². The molecule has 0 bridgehead atoms. The van der Waals surface area contributed by atoms with Gasteiger partial charge in [-0.2, -0.15) is 0 Å². The number of hydrogen-bond acceptors (Lipinski definition) is 7. The lowest BCUT2D eigenvalue weighted by Gasteiger charge is -2.07. The maximum atomic E-state index is 12.2. The van der Waals surface area contributed by atoms with E-state index in [4.69, 9.17) is 9.15 Å². The first-order valence-electron chi connectivity index (χ1n) is 7.02. The number of benzene rings is 1. The highest BCUT2D eigenvalue weighted by atomic mass is 32.1. The van der Waals surface area contributed by atoms with E-state index < -0.39 is 11.9 Å². The highest BCUT2D eigenvalue weighted by Crippen LogP contribution is 2.24. The van der Waals surface area contributed by atoms with E-state index in [1.54, 1.807) is 35.9 Å². The van der Waals surface area contributed by atoms with Crippen molar-refractivity contribution in [3.63, 3.8) is 0 Å². The van der Waals surface area contributed by atoms with Crippen molar-refractivity contribution in [1.82, 2.24) is 4.98 Å². The summed E-state index contributed by atoms with van der Waals surface area (Å²) in [5, 5.41) is 2.50. The summed E-state index contributed by atoms with van der Waals surface area (Å²) in [6, 6.07) is 9.92. The molecule has 0 saturated heterocycles. The summed E-state index contributed by atoms with van der Waals surface area (Å²) < 4.78 is 15.2. The fourth-order valence-electron chi connectivity index (χ4n) is 2.05. The molecule has 0 aliphatic carbocycles. The second-order valence-electron chi connectivity index (χ2n) is 4.73. The quantitative estimate of drug-likeness (QED) is 0.659. The average molecular weight is 343 g/mol. The average Bonchev–Trinajstić information content (AvgIpc) is 3.30. The van der Waals surface area contributed by atoms with Crippen molar-refractivity contribution < 1.29 is 23.5 Å². The van der Waals surface area contributed by atoms with E-state index in [0.717, 1.165) is 0 Å². The molecule has 0 radical (unpaired) electrons. The molecular formula is C17H13NO5S. The maximum Gasteiger partial charge on any atom is 0.339 e. The Bertz CT molecular complexity index is 854. The highest BCUT2D eigenvalue weighted by molar-refractivity contribution is 7.13. The molecule has 0 N–H and O–H groups in total. The number of thiazole rings is 1. The van der Waals surface area contributed by atoms with Gasteiger partial charge in [0.2, 0.25) is 0 Å². The second kappa shape index (κ2) is 7.10. The Hall–Kier alpha value is -2.93. The van der Waals surface area contributed by atoms with Gasteiger partial charge in [0, 0.05) is 5.38 Å². The van der Waals surface area contributed by atoms with Gasteiger partial charge >= 0.3 is 11.9 Å². The van der Waals surface area contributed by atoms with E-state index in [2.05, 4.69) is 9.72 Å². The van der Waals surface area contributed by atoms with Gasteiger partial charge in [0.25, 0.3) is 0 Å². The van der Waals surface area contributed by atoms with Crippen molar-refractivity contribution in [2.45, 2.75) is 6.61 Å². The van der Waals surface area contributed by atoms with Gasteiger partial charge in [0.15, 0.2) is 10.8 Å². The van der Waals surface area contributed by atoms with Crippen molar-refractivity contribution in [2.75, 3.05) is 7.11 Å². The van der Waals surface area contributed by atoms with Gasteiger partial charge in [-0.25, -0.2) is 14.6 Å². The molecule has 1 aromatic carbocycles. The molecule has 0 unspecified atom stereocenters. The van der Waals surface area contributed by atoms with Crippen molar-refractivity contribution in [1.29, 1.82) is 0 Å². The molecular weight excluding hydrogens is 330 g/mol. The summed E-state index contributed by atoms with van der Waals surface area (Å²) in [5.41, 5.74) is 0.931. The van der Waals surface area contributed by atoms with Crippen LogP contribution in [0.15, 0.2) is 52.5 Å². The predicted octanol–water partition coefficient (Wildman–Crippen LogP) is 3.55. The maximum absolute atomic E-state index is 12.2.